The molecule has 0 spiro atoms. The van der Waals surface area contributed by atoms with Crippen LogP contribution in [-0.2, 0) is 4.74 Å². The highest BCUT2D eigenvalue weighted by molar-refractivity contribution is 5.40. The molecule has 0 bridgehead atoms. The van der Waals surface area contributed by atoms with Gasteiger partial charge in [-0.1, -0.05) is 11.8 Å². The van der Waals surface area contributed by atoms with Crippen molar-refractivity contribution in [3.8, 4) is 17.6 Å². The summed E-state index contributed by atoms with van der Waals surface area (Å²) in [5.74, 6) is 5.53. The Kier molecular flexibility index (Phi) is 6.20. The lowest BCUT2D eigenvalue weighted by atomic mass is 10.2. The summed E-state index contributed by atoms with van der Waals surface area (Å²) in [7, 11) is 1.58. The Balaban J connectivity index is 2.78. The summed E-state index contributed by atoms with van der Waals surface area (Å²) in [6, 6.07) is 4.31. The molecule has 0 heterocycles. The standard InChI is InChI=1S/C14H17FO3/c1-11(10-17-2)18-14-8-12(5-3-4-6-16)7-13(15)9-14/h7-9,11,16H,4,6,10H2,1-2H3. The van der Waals surface area contributed by atoms with E-state index in [2.05, 4.69) is 11.8 Å². The van der Waals surface area contributed by atoms with Gasteiger partial charge in [-0.05, 0) is 19.1 Å². The fourth-order valence-corrected chi connectivity index (χ4v) is 1.42. The number of ether oxygens (including phenoxy) is 2. The van der Waals surface area contributed by atoms with E-state index in [-0.39, 0.29) is 12.7 Å². The first kappa shape index (κ1) is 14.5. The van der Waals surface area contributed by atoms with E-state index in [0.717, 1.165) is 0 Å². The number of hydrogen-bond donors (Lipinski definition) is 1. The highest BCUT2D eigenvalue weighted by Gasteiger charge is 2.05. The second-order valence-electron chi connectivity index (χ2n) is 3.83. The first-order chi connectivity index (χ1) is 8.65. The number of benzene rings is 1. The van der Waals surface area contributed by atoms with Gasteiger partial charge in [-0.2, -0.15) is 0 Å². The van der Waals surface area contributed by atoms with Gasteiger partial charge in [-0.15, -0.1) is 0 Å². The van der Waals surface area contributed by atoms with Gasteiger partial charge in [0.1, 0.15) is 17.7 Å². The van der Waals surface area contributed by atoms with Crippen LogP contribution in [0, 0.1) is 17.7 Å². The molecule has 3 nitrogen and oxygen atoms in total. The van der Waals surface area contributed by atoms with Gasteiger partial charge in [0.05, 0.1) is 13.2 Å². The second kappa shape index (κ2) is 7.70. The molecule has 0 aliphatic carbocycles. The summed E-state index contributed by atoms with van der Waals surface area (Å²) in [5, 5.41) is 8.62. The van der Waals surface area contributed by atoms with E-state index in [4.69, 9.17) is 14.6 Å². The van der Waals surface area contributed by atoms with Crippen LogP contribution in [-0.4, -0.2) is 31.5 Å². The molecule has 98 valence electrons. The summed E-state index contributed by atoms with van der Waals surface area (Å²) in [6.45, 7) is 2.27. The third kappa shape index (κ3) is 5.17. The number of halogens is 1. The lowest BCUT2D eigenvalue weighted by Gasteiger charge is -2.13. The average molecular weight is 252 g/mol. The molecule has 18 heavy (non-hydrogen) atoms. The zero-order valence-corrected chi connectivity index (χ0v) is 10.6. The van der Waals surface area contributed by atoms with E-state index in [0.29, 0.717) is 24.3 Å². The van der Waals surface area contributed by atoms with Gasteiger partial charge < -0.3 is 14.6 Å². The van der Waals surface area contributed by atoms with Crippen LogP contribution in [0.25, 0.3) is 0 Å². The smallest absolute Gasteiger partial charge is 0.128 e. The van der Waals surface area contributed by atoms with Gasteiger partial charge >= 0.3 is 0 Å². The summed E-state index contributed by atoms with van der Waals surface area (Å²) < 4.78 is 23.8. The van der Waals surface area contributed by atoms with E-state index in [1.165, 1.54) is 12.1 Å². The summed E-state index contributed by atoms with van der Waals surface area (Å²) in [6.07, 6.45) is 0.210. The first-order valence-electron chi connectivity index (χ1n) is 5.71. The van der Waals surface area contributed by atoms with Crippen molar-refractivity contribution in [3.63, 3.8) is 0 Å². The lowest BCUT2D eigenvalue weighted by molar-refractivity contribution is 0.0918. The summed E-state index contributed by atoms with van der Waals surface area (Å²) in [4.78, 5) is 0. The molecule has 0 aromatic heterocycles. The second-order valence-corrected chi connectivity index (χ2v) is 3.83. The number of aliphatic hydroxyl groups excluding tert-OH is 1. The minimum absolute atomic E-state index is 0.00343. The Morgan fingerprint density at radius 3 is 2.83 bits per heavy atom. The molecule has 1 atom stereocenters. The van der Waals surface area contributed by atoms with E-state index in [1.54, 1.807) is 13.2 Å². The van der Waals surface area contributed by atoms with Crippen molar-refractivity contribution >= 4 is 0 Å². The molecule has 1 rings (SSSR count). The molecule has 1 aromatic rings. The highest BCUT2D eigenvalue weighted by atomic mass is 19.1. The molecule has 0 amide bonds. The fraction of sp³-hybridized carbons (Fsp3) is 0.429. The third-order valence-electron chi connectivity index (χ3n) is 2.08. The Morgan fingerprint density at radius 1 is 1.39 bits per heavy atom. The Bertz CT molecular complexity index is 434. The highest BCUT2D eigenvalue weighted by Crippen LogP contribution is 2.17. The molecule has 0 radical (unpaired) electrons. The first-order valence-corrected chi connectivity index (χ1v) is 5.71. The van der Waals surface area contributed by atoms with Crippen LogP contribution in [0.2, 0.25) is 0 Å². The van der Waals surface area contributed by atoms with E-state index in [9.17, 15) is 4.39 Å². The zero-order chi connectivity index (χ0) is 13.4. The Labute approximate surface area is 107 Å². The number of rotatable bonds is 5. The van der Waals surface area contributed by atoms with Crippen molar-refractivity contribution in [2.24, 2.45) is 0 Å². The minimum Gasteiger partial charge on any atom is -0.488 e. The van der Waals surface area contributed by atoms with Crippen LogP contribution in [0.4, 0.5) is 4.39 Å². The maximum Gasteiger partial charge on any atom is 0.128 e. The maximum absolute atomic E-state index is 13.3. The van der Waals surface area contributed by atoms with Crippen molar-refractivity contribution < 1.29 is 19.0 Å². The Morgan fingerprint density at radius 2 is 2.17 bits per heavy atom. The van der Waals surface area contributed by atoms with Gasteiger partial charge in [0.15, 0.2) is 0 Å². The molecule has 0 fully saturated rings. The van der Waals surface area contributed by atoms with Gasteiger partial charge in [0.2, 0.25) is 0 Å². The zero-order valence-electron chi connectivity index (χ0n) is 10.6. The molecule has 1 aromatic carbocycles. The van der Waals surface area contributed by atoms with Crippen molar-refractivity contribution in [2.75, 3.05) is 20.3 Å². The van der Waals surface area contributed by atoms with Crippen molar-refractivity contribution in [3.05, 3.63) is 29.6 Å². The summed E-state index contributed by atoms with van der Waals surface area (Å²) >= 11 is 0. The lowest BCUT2D eigenvalue weighted by Crippen LogP contribution is -2.18. The Hall–Kier alpha value is -1.57. The maximum atomic E-state index is 13.3. The normalized spacial score (nSPS) is 11.6. The molecular weight excluding hydrogens is 235 g/mol. The van der Waals surface area contributed by atoms with E-state index >= 15 is 0 Å². The van der Waals surface area contributed by atoms with Crippen molar-refractivity contribution in [2.45, 2.75) is 19.4 Å². The molecule has 0 aliphatic heterocycles. The minimum atomic E-state index is -0.398. The van der Waals surface area contributed by atoms with E-state index in [1.807, 2.05) is 6.92 Å². The van der Waals surface area contributed by atoms with Crippen LogP contribution in [0.3, 0.4) is 0 Å². The van der Waals surface area contributed by atoms with Crippen LogP contribution in [0.15, 0.2) is 18.2 Å². The molecule has 1 N–H and O–H groups in total. The predicted octanol–water partition coefficient (Wildman–Crippen LogP) is 1.97. The quantitative estimate of drug-likeness (QED) is 0.814. The SMILES string of the molecule is COCC(C)Oc1cc(F)cc(C#CCCO)c1. The topological polar surface area (TPSA) is 38.7 Å². The summed E-state index contributed by atoms with van der Waals surface area (Å²) in [5.41, 5.74) is 0.531. The van der Waals surface area contributed by atoms with E-state index < -0.39 is 5.82 Å². The molecule has 1 unspecified atom stereocenters. The molecular formula is C14H17FO3. The molecule has 0 aliphatic rings. The molecule has 0 saturated heterocycles. The van der Waals surface area contributed by atoms with Crippen LogP contribution >= 0.6 is 0 Å². The predicted molar refractivity (Wildman–Crippen MR) is 66.9 cm³/mol. The number of hydrogen-bond acceptors (Lipinski definition) is 3. The average Bonchev–Trinajstić information content (AvgIpc) is 2.28. The molecule has 0 saturated carbocycles. The largest absolute Gasteiger partial charge is 0.488 e. The van der Waals surface area contributed by atoms with Crippen LogP contribution in [0.1, 0.15) is 18.9 Å². The molecule has 4 heteroatoms. The number of aliphatic hydroxyl groups is 1. The number of methoxy groups -OCH3 is 1. The third-order valence-corrected chi connectivity index (χ3v) is 2.08. The monoisotopic (exact) mass is 252 g/mol. The van der Waals surface area contributed by atoms with Gasteiger partial charge in [0.25, 0.3) is 0 Å². The van der Waals surface area contributed by atoms with Gasteiger partial charge in [-0.3, -0.25) is 0 Å². The van der Waals surface area contributed by atoms with Crippen LogP contribution < -0.4 is 4.74 Å². The van der Waals surface area contributed by atoms with Crippen molar-refractivity contribution in [1.82, 2.24) is 0 Å². The van der Waals surface area contributed by atoms with Gasteiger partial charge in [-0.25, -0.2) is 4.39 Å². The van der Waals surface area contributed by atoms with Crippen LogP contribution in [0.5, 0.6) is 5.75 Å². The fourth-order valence-electron chi connectivity index (χ4n) is 1.42. The van der Waals surface area contributed by atoms with Gasteiger partial charge in [0, 0.05) is 25.2 Å². The van der Waals surface area contributed by atoms with Crippen molar-refractivity contribution in [1.29, 1.82) is 0 Å².